The van der Waals surface area contributed by atoms with E-state index in [0.717, 1.165) is 10.8 Å². The van der Waals surface area contributed by atoms with E-state index in [4.69, 9.17) is 9.84 Å². The fourth-order valence-electron chi connectivity index (χ4n) is 1.68. The van der Waals surface area contributed by atoms with Crippen molar-refractivity contribution in [2.75, 3.05) is 0 Å². The molecule has 4 heteroatoms. The van der Waals surface area contributed by atoms with E-state index in [-0.39, 0.29) is 0 Å². The molecule has 2 aromatic carbocycles. The van der Waals surface area contributed by atoms with Crippen molar-refractivity contribution in [1.29, 1.82) is 0 Å². The summed E-state index contributed by atoms with van der Waals surface area (Å²) in [4.78, 5) is 22.5. The molecular formula is C14H12O4. The first-order valence-electron chi connectivity index (χ1n) is 5.51. The maximum atomic E-state index is 11.9. The Morgan fingerprint density at radius 2 is 1.78 bits per heavy atom. The quantitative estimate of drug-likeness (QED) is 0.842. The van der Waals surface area contributed by atoms with Gasteiger partial charge in [0.25, 0.3) is 0 Å². The molecule has 4 nitrogen and oxygen atoms in total. The van der Waals surface area contributed by atoms with Crippen LogP contribution in [-0.4, -0.2) is 23.1 Å². The van der Waals surface area contributed by atoms with E-state index >= 15 is 0 Å². The monoisotopic (exact) mass is 244 g/mol. The number of carboxylic acids is 1. The van der Waals surface area contributed by atoms with Gasteiger partial charge in [0, 0.05) is 0 Å². The topological polar surface area (TPSA) is 63.6 Å². The molecule has 1 atom stereocenters. The molecule has 0 aliphatic rings. The first kappa shape index (κ1) is 12.1. The number of benzene rings is 2. The molecule has 0 saturated heterocycles. The number of ether oxygens (including phenoxy) is 1. The first-order valence-corrected chi connectivity index (χ1v) is 5.51. The first-order chi connectivity index (χ1) is 8.59. The van der Waals surface area contributed by atoms with Crippen LogP contribution in [0.5, 0.6) is 0 Å². The molecule has 1 N–H and O–H groups in total. The van der Waals surface area contributed by atoms with Gasteiger partial charge in [-0.15, -0.1) is 0 Å². The molecule has 18 heavy (non-hydrogen) atoms. The highest BCUT2D eigenvalue weighted by atomic mass is 16.6. The number of rotatable bonds is 3. The maximum Gasteiger partial charge on any atom is 0.344 e. The number of esters is 1. The van der Waals surface area contributed by atoms with Crippen molar-refractivity contribution in [2.45, 2.75) is 13.0 Å². The van der Waals surface area contributed by atoms with Crippen molar-refractivity contribution in [2.24, 2.45) is 0 Å². The van der Waals surface area contributed by atoms with Gasteiger partial charge < -0.3 is 9.84 Å². The molecule has 0 radical (unpaired) electrons. The molecule has 0 heterocycles. The van der Waals surface area contributed by atoms with E-state index in [1.165, 1.54) is 6.92 Å². The van der Waals surface area contributed by atoms with Gasteiger partial charge in [-0.3, -0.25) is 0 Å². The van der Waals surface area contributed by atoms with Gasteiger partial charge in [0.15, 0.2) is 6.10 Å². The second kappa shape index (κ2) is 4.87. The van der Waals surface area contributed by atoms with E-state index in [9.17, 15) is 9.59 Å². The third-order valence-electron chi connectivity index (χ3n) is 2.64. The van der Waals surface area contributed by atoms with Gasteiger partial charge in [-0.1, -0.05) is 36.4 Å². The molecule has 0 aliphatic carbocycles. The van der Waals surface area contributed by atoms with Crippen molar-refractivity contribution in [3.05, 3.63) is 48.0 Å². The summed E-state index contributed by atoms with van der Waals surface area (Å²) in [6.45, 7) is 1.32. The minimum absolute atomic E-state index is 0.376. The third kappa shape index (κ3) is 2.32. The summed E-state index contributed by atoms with van der Waals surface area (Å²) in [7, 11) is 0. The van der Waals surface area contributed by atoms with Crippen LogP contribution >= 0.6 is 0 Å². The Bertz CT molecular complexity index is 598. The highest BCUT2D eigenvalue weighted by Crippen LogP contribution is 2.19. The second-order valence-corrected chi connectivity index (χ2v) is 3.91. The van der Waals surface area contributed by atoms with Gasteiger partial charge in [0.05, 0.1) is 5.56 Å². The van der Waals surface area contributed by atoms with Crippen LogP contribution in [0.4, 0.5) is 0 Å². The Morgan fingerprint density at radius 1 is 1.11 bits per heavy atom. The van der Waals surface area contributed by atoms with Crippen molar-refractivity contribution in [3.63, 3.8) is 0 Å². The van der Waals surface area contributed by atoms with E-state index in [1.807, 2.05) is 24.3 Å². The lowest BCUT2D eigenvalue weighted by Gasteiger charge is -2.10. The van der Waals surface area contributed by atoms with Crippen LogP contribution in [-0.2, 0) is 9.53 Å². The Morgan fingerprint density at radius 3 is 2.50 bits per heavy atom. The van der Waals surface area contributed by atoms with Gasteiger partial charge in [-0.25, -0.2) is 9.59 Å². The van der Waals surface area contributed by atoms with Gasteiger partial charge in [-0.05, 0) is 23.8 Å². The number of carbonyl (C=O) groups is 2. The smallest absolute Gasteiger partial charge is 0.344 e. The van der Waals surface area contributed by atoms with Gasteiger partial charge in [0.2, 0.25) is 0 Å². The summed E-state index contributed by atoms with van der Waals surface area (Å²) in [6, 6.07) is 12.6. The molecule has 0 amide bonds. The Kier molecular flexibility index (Phi) is 3.28. The average molecular weight is 244 g/mol. The van der Waals surface area contributed by atoms with Crippen LogP contribution in [0, 0.1) is 0 Å². The van der Waals surface area contributed by atoms with Crippen molar-refractivity contribution in [1.82, 2.24) is 0 Å². The highest BCUT2D eigenvalue weighted by Gasteiger charge is 2.18. The normalized spacial score (nSPS) is 12.1. The predicted molar refractivity (Wildman–Crippen MR) is 66.5 cm³/mol. The van der Waals surface area contributed by atoms with Gasteiger partial charge in [-0.2, -0.15) is 0 Å². The van der Waals surface area contributed by atoms with E-state index in [0.29, 0.717) is 5.56 Å². The van der Waals surface area contributed by atoms with E-state index in [1.54, 1.807) is 18.2 Å². The van der Waals surface area contributed by atoms with Gasteiger partial charge in [0.1, 0.15) is 0 Å². The molecule has 0 saturated carbocycles. The molecule has 2 rings (SSSR count). The lowest BCUT2D eigenvalue weighted by atomic mass is 10.0. The van der Waals surface area contributed by atoms with Crippen LogP contribution in [0.15, 0.2) is 42.5 Å². The number of fused-ring (bicyclic) bond motifs is 1. The van der Waals surface area contributed by atoms with Crippen molar-refractivity contribution in [3.8, 4) is 0 Å². The molecule has 0 spiro atoms. The summed E-state index contributed by atoms with van der Waals surface area (Å²) < 4.78 is 4.87. The number of hydrogen-bond acceptors (Lipinski definition) is 3. The molecule has 0 aromatic heterocycles. The SMILES string of the molecule is CC(OC(=O)c1cccc2ccccc12)C(=O)O. The molecule has 0 aliphatic heterocycles. The van der Waals surface area contributed by atoms with E-state index < -0.39 is 18.0 Å². The summed E-state index contributed by atoms with van der Waals surface area (Å²) in [5, 5.41) is 10.4. The van der Waals surface area contributed by atoms with Crippen LogP contribution in [0.1, 0.15) is 17.3 Å². The summed E-state index contributed by atoms with van der Waals surface area (Å²) >= 11 is 0. The molecule has 0 fully saturated rings. The Balaban J connectivity index is 2.36. The number of carboxylic acid groups (broad SMARTS) is 1. The zero-order valence-electron chi connectivity index (χ0n) is 9.79. The fourth-order valence-corrected chi connectivity index (χ4v) is 1.68. The Hall–Kier alpha value is -2.36. The standard InChI is InChI=1S/C14H12O4/c1-9(13(15)16)18-14(17)12-8-4-6-10-5-2-3-7-11(10)12/h2-9H,1H3,(H,15,16). The molecule has 1 unspecified atom stereocenters. The largest absolute Gasteiger partial charge is 0.479 e. The molecule has 92 valence electrons. The van der Waals surface area contributed by atoms with Crippen LogP contribution in [0.2, 0.25) is 0 Å². The van der Waals surface area contributed by atoms with Crippen LogP contribution < -0.4 is 0 Å². The second-order valence-electron chi connectivity index (χ2n) is 3.91. The number of hydrogen-bond donors (Lipinski definition) is 1. The zero-order chi connectivity index (χ0) is 13.1. The summed E-state index contributed by atoms with van der Waals surface area (Å²) in [5.41, 5.74) is 0.376. The number of aliphatic carboxylic acids is 1. The third-order valence-corrected chi connectivity index (χ3v) is 2.64. The zero-order valence-corrected chi connectivity index (χ0v) is 9.79. The lowest BCUT2D eigenvalue weighted by molar-refractivity contribution is -0.146. The van der Waals surface area contributed by atoms with Crippen molar-refractivity contribution >= 4 is 22.7 Å². The minimum Gasteiger partial charge on any atom is -0.479 e. The van der Waals surface area contributed by atoms with Crippen LogP contribution in [0.25, 0.3) is 10.8 Å². The Labute approximate surface area is 104 Å². The fraction of sp³-hybridized carbons (Fsp3) is 0.143. The lowest BCUT2D eigenvalue weighted by Crippen LogP contribution is -2.23. The van der Waals surface area contributed by atoms with E-state index in [2.05, 4.69) is 0 Å². The highest BCUT2D eigenvalue weighted by molar-refractivity contribution is 6.04. The van der Waals surface area contributed by atoms with Crippen molar-refractivity contribution < 1.29 is 19.4 Å². The summed E-state index contributed by atoms with van der Waals surface area (Å²) in [6.07, 6.45) is -1.16. The average Bonchev–Trinajstić information content (AvgIpc) is 2.37. The van der Waals surface area contributed by atoms with Gasteiger partial charge >= 0.3 is 11.9 Å². The molecule has 0 bridgehead atoms. The minimum atomic E-state index is -1.16. The number of carbonyl (C=O) groups excluding carboxylic acids is 1. The van der Waals surface area contributed by atoms with Crippen LogP contribution in [0.3, 0.4) is 0 Å². The summed E-state index contributed by atoms with van der Waals surface area (Å²) in [5.74, 6) is -1.79. The molecule has 2 aromatic rings. The predicted octanol–water partition coefficient (Wildman–Crippen LogP) is 2.47. The maximum absolute atomic E-state index is 11.9. The molecular weight excluding hydrogens is 232 g/mol.